The van der Waals surface area contributed by atoms with E-state index in [9.17, 15) is 4.79 Å². The molecule has 0 saturated heterocycles. The number of nitrogens with two attached hydrogens (primary N) is 1. The molecule has 0 aliphatic heterocycles. The van der Waals surface area contributed by atoms with Crippen molar-refractivity contribution in [3.63, 3.8) is 0 Å². The van der Waals surface area contributed by atoms with Crippen molar-refractivity contribution in [2.45, 2.75) is 110 Å². The molecule has 0 amide bonds. The van der Waals surface area contributed by atoms with Crippen LogP contribution >= 0.6 is 0 Å². The van der Waals surface area contributed by atoms with Crippen LogP contribution in [0.1, 0.15) is 110 Å². The first-order chi connectivity index (χ1) is 12.5. The van der Waals surface area contributed by atoms with Crippen molar-refractivity contribution < 1.29 is 9.90 Å². The molecule has 0 aromatic carbocycles. The van der Waals surface area contributed by atoms with E-state index in [0.29, 0.717) is 6.42 Å². The maximum Gasteiger partial charge on any atom is 0.303 e. The zero-order valence-electron chi connectivity index (χ0n) is 17.2. The van der Waals surface area contributed by atoms with E-state index in [1.54, 1.807) is 0 Å². The van der Waals surface area contributed by atoms with Gasteiger partial charge in [-0.2, -0.15) is 0 Å². The summed E-state index contributed by atoms with van der Waals surface area (Å²) in [6.45, 7) is 5.29. The Bertz CT molecular complexity index is 312. The quantitative estimate of drug-likeness (QED) is 0.107. The number of hydrogen-bond acceptors (Lipinski definition) is 3. The fourth-order valence-corrected chi connectivity index (χ4v) is 2.56. The molecule has 0 rings (SSSR count). The van der Waals surface area contributed by atoms with Crippen LogP contribution in [0.25, 0.3) is 0 Å². The lowest BCUT2D eigenvalue weighted by Gasteiger charge is -2.05. The summed E-state index contributed by atoms with van der Waals surface area (Å²) in [7, 11) is 0. The second kappa shape index (κ2) is 23.7. The summed E-state index contributed by atoms with van der Waals surface area (Å²) in [5.41, 5.74) is 10.6. The third kappa shape index (κ3) is 30.6. The first-order valence-electron chi connectivity index (χ1n) is 10.6. The molecular formula is C20H44N4O2. The fourth-order valence-electron chi connectivity index (χ4n) is 2.56. The molecule has 6 heteroatoms. The summed E-state index contributed by atoms with van der Waals surface area (Å²) in [5, 5.41) is 15.2. The molecule has 0 aromatic rings. The summed E-state index contributed by atoms with van der Waals surface area (Å²) >= 11 is 0. The lowest BCUT2D eigenvalue weighted by atomic mass is 10.1. The van der Waals surface area contributed by atoms with Gasteiger partial charge in [0.25, 0.3) is 0 Å². The Morgan fingerprint density at radius 2 is 1.23 bits per heavy atom. The molecule has 0 saturated carbocycles. The highest BCUT2D eigenvalue weighted by Crippen LogP contribution is 2.09. The average Bonchev–Trinajstić information content (AvgIpc) is 2.59. The van der Waals surface area contributed by atoms with Crippen LogP contribution < -0.4 is 16.6 Å². The van der Waals surface area contributed by atoms with Crippen LogP contribution in [0.5, 0.6) is 0 Å². The maximum atomic E-state index is 10.0. The number of carboxylic acids is 1. The second-order valence-electron chi connectivity index (χ2n) is 6.85. The van der Waals surface area contributed by atoms with Crippen LogP contribution in [0.4, 0.5) is 0 Å². The number of aliphatic carboxylic acids is 1. The van der Waals surface area contributed by atoms with Crippen LogP contribution in [-0.4, -0.2) is 23.6 Å². The largest absolute Gasteiger partial charge is 0.481 e. The van der Waals surface area contributed by atoms with Crippen LogP contribution in [-0.2, 0) is 4.79 Å². The van der Waals surface area contributed by atoms with E-state index in [1.165, 1.54) is 70.6 Å². The molecule has 26 heavy (non-hydrogen) atoms. The molecule has 0 atom stereocenters. The topological polar surface area (TPSA) is 111 Å². The van der Waals surface area contributed by atoms with Gasteiger partial charge in [-0.15, -0.1) is 0 Å². The van der Waals surface area contributed by atoms with Gasteiger partial charge in [0.05, 0.1) is 0 Å². The second-order valence-corrected chi connectivity index (χ2v) is 6.85. The standard InChI is InChI=1S/C12H28N4.C8H16O2/c1-2-3-4-5-6-7-8-9-10-11-15-16-12(13)14;1-2-3-4-5-6-7-8(9)10/h15H,2-11H2,1H3,(H4,13,14,16);2-7H2,1H3,(H,9,10). The Labute approximate surface area is 161 Å². The molecule has 6 N–H and O–H groups in total. The highest BCUT2D eigenvalue weighted by Gasteiger charge is 1.95. The fraction of sp³-hybridized carbons (Fsp3) is 0.900. The molecular weight excluding hydrogens is 328 g/mol. The molecule has 0 aliphatic rings. The van der Waals surface area contributed by atoms with Crippen molar-refractivity contribution >= 4 is 11.9 Å². The van der Waals surface area contributed by atoms with Gasteiger partial charge in [-0.25, -0.2) is 5.43 Å². The van der Waals surface area contributed by atoms with Crippen molar-refractivity contribution in [1.29, 1.82) is 5.41 Å². The number of unbranched alkanes of at least 4 members (excludes halogenated alkanes) is 12. The van der Waals surface area contributed by atoms with E-state index in [2.05, 4.69) is 24.7 Å². The average molecular weight is 373 g/mol. The minimum absolute atomic E-state index is 0.0177. The molecule has 0 radical (unpaired) electrons. The third-order valence-corrected chi connectivity index (χ3v) is 4.12. The molecule has 0 heterocycles. The Hall–Kier alpha value is -1.30. The third-order valence-electron chi connectivity index (χ3n) is 4.12. The van der Waals surface area contributed by atoms with Gasteiger partial charge in [0, 0.05) is 13.0 Å². The van der Waals surface area contributed by atoms with Crippen molar-refractivity contribution in [3.8, 4) is 0 Å². The first-order valence-corrected chi connectivity index (χ1v) is 10.6. The first kappa shape index (κ1) is 26.9. The lowest BCUT2D eigenvalue weighted by molar-refractivity contribution is -0.137. The number of guanidine groups is 1. The van der Waals surface area contributed by atoms with E-state index in [4.69, 9.17) is 16.2 Å². The molecule has 0 spiro atoms. The molecule has 0 aliphatic carbocycles. The van der Waals surface area contributed by atoms with Gasteiger partial charge in [-0.3, -0.25) is 15.6 Å². The van der Waals surface area contributed by atoms with Crippen molar-refractivity contribution in [1.82, 2.24) is 10.9 Å². The van der Waals surface area contributed by atoms with Crippen LogP contribution in [0.15, 0.2) is 0 Å². The number of hydrazine groups is 1. The minimum Gasteiger partial charge on any atom is -0.481 e. The number of hydrogen-bond donors (Lipinski definition) is 5. The van der Waals surface area contributed by atoms with E-state index in [0.717, 1.165) is 25.8 Å². The summed E-state index contributed by atoms with van der Waals surface area (Å²) in [5.74, 6) is -0.688. The number of carbonyl (C=O) groups is 1. The van der Waals surface area contributed by atoms with E-state index < -0.39 is 5.97 Å². The SMILES string of the molecule is CCCCCCCC(=O)O.CCCCCCCCCCCNNC(=N)N. The number of nitrogens with one attached hydrogen (secondary N) is 3. The highest BCUT2D eigenvalue weighted by molar-refractivity contribution is 5.73. The smallest absolute Gasteiger partial charge is 0.303 e. The zero-order chi connectivity index (χ0) is 19.9. The van der Waals surface area contributed by atoms with E-state index in [-0.39, 0.29) is 5.96 Å². The molecule has 0 fully saturated rings. The van der Waals surface area contributed by atoms with Gasteiger partial charge in [0.15, 0.2) is 5.96 Å². The minimum atomic E-state index is -0.670. The van der Waals surface area contributed by atoms with E-state index >= 15 is 0 Å². The van der Waals surface area contributed by atoms with Crippen LogP contribution in [0, 0.1) is 5.41 Å². The summed E-state index contributed by atoms with van der Waals surface area (Å²) in [6, 6.07) is 0. The van der Waals surface area contributed by atoms with Gasteiger partial charge in [-0.05, 0) is 12.8 Å². The highest BCUT2D eigenvalue weighted by atomic mass is 16.4. The van der Waals surface area contributed by atoms with Gasteiger partial charge in [0.2, 0.25) is 0 Å². The molecule has 6 nitrogen and oxygen atoms in total. The predicted octanol–water partition coefficient (Wildman–Crippen LogP) is 4.94. The molecule has 0 bridgehead atoms. The normalized spacial score (nSPS) is 10.1. The molecule has 156 valence electrons. The van der Waals surface area contributed by atoms with Crippen molar-refractivity contribution in [2.24, 2.45) is 5.73 Å². The Morgan fingerprint density at radius 3 is 1.65 bits per heavy atom. The zero-order valence-corrected chi connectivity index (χ0v) is 17.2. The van der Waals surface area contributed by atoms with E-state index in [1.807, 2.05) is 0 Å². The van der Waals surface area contributed by atoms with Gasteiger partial charge in [0.1, 0.15) is 0 Å². The van der Waals surface area contributed by atoms with Gasteiger partial charge in [-0.1, -0.05) is 90.9 Å². The maximum absolute atomic E-state index is 10.0. The Kier molecular flexibility index (Phi) is 24.5. The van der Waals surface area contributed by atoms with Crippen LogP contribution in [0.3, 0.4) is 0 Å². The predicted molar refractivity (Wildman–Crippen MR) is 111 cm³/mol. The number of carboxylic acid groups (broad SMARTS) is 1. The Balaban J connectivity index is 0. The summed E-state index contributed by atoms with van der Waals surface area (Å²) < 4.78 is 0. The van der Waals surface area contributed by atoms with Crippen molar-refractivity contribution in [3.05, 3.63) is 0 Å². The summed E-state index contributed by atoms with van der Waals surface area (Å²) in [4.78, 5) is 10.0. The molecule has 0 unspecified atom stereocenters. The monoisotopic (exact) mass is 372 g/mol. The number of rotatable bonds is 17. The molecule has 0 aromatic heterocycles. The van der Waals surface area contributed by atoms with Crippen molar-refractivity contribution in [2.75, 3.05) is 6.54 Å². The summed E-state index contributed by atoms with van der Waals surface area (Å²) in [6.07, 6.45) is 17.9. The van der Waals surface area contributed by atoms with Gasteiger partial charge < -0.3 is 10.8 Å². The lowest BCUT2D eigenvalue weighted by Crippen LogP contribution is -2.41. The Morgan fingerprint density at radius 1 is 0.808 bits per heavy atom. The van der Waals surface area contributed by atoms with Crippen LogP contribution in [0.2, 0.25) is 0 Å². The van der Waals surface area contributed by atoms with Gasteiger partial charge >= 0.3 is 5.97 Å².